The Labute approximate surface area is 195 Å². The predicted molar refractivity (Wildman–Crippen MR) is 127 cm³/mol. The molecular weight excluding hydrogens is 438 g/mol. The number of carbonyl (C=O) groups excluding carboxylic acids is 2. The van der Waals surface area contributed by atoms with Crippen LogP contribution < -0.4 is 4.74 Å². The first kappa shape index (κ1) is 22.4. The van der Waals surface area contributed by atoms with Crippen molar-refractivity contribution in [2.75, 3.05) is 7.11 Å². The molecule has 0 atom stereocenters. The van der Waals surface area contributed by atoms with Gasteiger partial charge in [-0.1, -0.05) is 41.2 Å². The number of fused-ring (bicyclic) bond motifs is 1. The molecule has 166 valence electrons. The molecule has 0 unspecified atom stereocenters. The van der Waals surface area contributed by atoms with Gasteiger partial charge in [0, 0.05) is 27.7 Å². The van der Waals surface area contributed by atoms with E-state index in [2.05, 4.69) is 9.99 Å². The Morgan fingerprint density at radius 1 is 0.879 bits per heavy atom. The molecule has 0 N–H and O–H groups in total. The van der Waals surface area contributed by atoms with E-state index in [1.807, 2.05) is 48.5 Å². The van der Waals surface area contributed by atoms with Crippen molar-refractivity contribution in [3.63, 3.8) is 0 Å². The molecule has 4 aromatic rings. The molecule has 0 aliphatic heterocycles. The Balaban J connectivity index is 1.46. The van der Waals surface area contributed by atoms with Gasteiger partial charge in [-0.2, -0.15) is 0 Å². The number of ketones is 1. The summed E-state index contributed by atoms with van der Waals surface area (Å²) in [5.41, 5.74) is 2.59. The van der Waals surface area contributed by atoms with Gasteiger partial charge in [0.1, 0.15) is 0 Å². The minimum absolute atomic E-state index is 0.184. The van der Waals surface area contributed by atoms with E-state index in [0.29, 0.717) is 22.6 Å². The first-order valence-electron chi connectivity index (χ1n) is 10.2. The van der Waals surface area contributed by atoms with Crippen LogP contribution in [0.4, 0.5) is 0 Å². The average molecular weight is 460 g/mol. The van der Waals surface area contributed by atoms with Gasteiger partial charge in [-0.15, -0.1) is 0 Å². The van der Waals surface area contributed by atoms with Crippen LogP contribution in [0.15, 0.2) is 92.2 Å². The summed E-state index contributed by atoms with van der Waals surface area (Å²) in [5, 5.41) is 4.62. The zero-order valence-electron chi connectivity index (χ0n) is 18.3. The number of nitrogens with zero attached hydrogens (tertiary/aromatic N) is 1. The Morgan fingerprint density at radius 2 is 1.52 bits per heavy atom. The van der Waals surface area contributed by atoms with Crippen LogP contribution in [0.5, 0.6) is 5.75 Å². The lowest BCUT2D eigenvalue weighted by molar-refractivity contribution is -0.140. The largest absolute Gasteiger partial charge is 0.493 e. The molecule has 0 bridgehead atoms. The number of hydrogen-bond acceptors (Lipinski definition) is 7. The lowest BCUT2D eigenvalue weighted by Crippen LogP contribution is -1.99. The van der Waals surface area contributed by atoms with Crippen LogP contribution in [0.2, 0.25) is 0 Å². The van der Waals surface area contributed by atoms with E-state index < -0.39 is 5.97 Å². The van der Waals surface area contributed by atoms with E-state index >= 15 is 0 Å². The second-order valence-corrected chi connectivity index (χ2v) is 8.38. The summed E-state index contributed by atoms with van der Waals surface area (Å²) in [5.74, 6) is 0.230. The van der Waals surface area contributed by atoms with Crippen molar-refractivity contribution in [1.82, 2.24) is 0 Å². The number of hydrogen-bond donors (Lipinski definition) is 0. The van der Waals surface area contributed by atoms with Crippen LogP contribution in [-0.2, 0) is 9.63 Å². The fraction of sp³-hybridized carbons (Fsp3) is 0.115. The highest BCUT2D eigenvalue weighted by atomic mass is 32.2. The summed E-state index contributed by atoms with van der Waals surface area (Å²) in [6.45, 7) is 3.09. The number of rotatable bonds is 7. The van der Waals surface area contributed by atoms with E-state index in [-0.39, 0.29) is 11.5 Å². The molecule has 0 saturated heterocycles. The maximum atomic E-state index is 12.9. The Kier molecular flexibility index (Phi) is 6.60. The molecule has 0 spiro atoms. The fourth-order valence-corrected chi connectivity index (χ4v) is 4.03. The second kappa shape index (κ2) is 9.75. The van der Waals surface area contributed by atoms with Crippen LogP contribution in [0.1, 0.15) is 35.5 Å². The van der Waals surface area contributed by atoms with E-state index in [1.165, 1.54) is 6.92 Å². The molecule has 0 amide bonds. The van der Waals surface area contributed by atoms with Crippen molar-refractivity contribution in [2.45, 2.75) is 23.6 Å². The van der Waals surface area contributed by atoms with Crippen molar-refractivity contribution < 1.29 is 23.6 Å². The van der Waals surface area contributed by atoms with Crippen molar-refractivity contribution in [2.24, 2.45) is 5.16 Å². The van der Waals surface area contributed by atoms with E-state index in [1.54, 1.807) is 50.1 Å². The first-order valence-corrected chi connectivity index (χ1v) is 11.0. The van der Waals surface area contributed by atoms with Crippen molar-refractivity contribution >= 4 is 40.2 Å². The van der Waals surface area contributed by atoms with Crippen molar-refractivity contribution in [3.8, 4) is 5.75 Å². The Bertz CT molecular complexity index is 1340. The number of carbonyl (C=O) groups is 2. The van der Waals surface area contributed by atoms with Gasteiger partial charge in [-0.25, -0.2) is 4.79 Å². The highest BCUT2D eigenvalue weighted by Gasteiger charge is 2.16. The molecular formula is C26H21NO5S. The van der Waals surface area contributed by atoms with Gasteiger partial charge in [-0.3, -0.25) is 4.79 Å². The van der Waals surface area contributed by atoms with Gasteiger partial charge >= 0.3 is 5.97 Å². The van der Waals surface area contributed by atoms with Crippen molar-refractivity contribution in [3.05, 3.63) is 89.7 Å². The van der Waals surface area contributed by atoms with Crippen molar-refractivity contribution in [1.29, 1.82) is 0 Å². The van der Waals surface area contributed by atoms with E-state index in [9.17, 15) is 9.59 Å². The monoisotopic (exact) mass is 459 g/mol. The summed E-state index contributed by atoms with van der Waals surface area (Å²) >= 11 is 1.57. The standard InChI is InChI=1S/C26H21NO5S/c1-16(27-32-17(2)28)18-7-11-21(12-8-18)33-22-13-9-19(10-14-22)25(29)24-15-20-5-4-6-23(30-3)26(20)31-24/h4-15H,1-3H3. The third-order valence-corrected chi connectivity index (χ3v) is 5.90. The zero-order chi connectivity index (χ0) is 23.4. The topological polar surface area (TPSA) is 78.1 Å². The molecule has 4 rings (SSSR count). The molecule has 0 aliphatic rings. The third kappa shape index (κ3) is 5.15. The molecule has 6 nitrogen and oxygen atoms in total. The predicted octanol–water partition coefficient (Wildman–Crippen LogP) is 6.11. The van der Waals surface area contributed by atoms with E-state index in [4.69, 9.17) is 9.15 Å². The summed E-state index contributed by atoms with van der Waals surface area (Å²) in [7, 11) is 1.57. The maximum absolute atomic E-state index is 12.9. The quantitative estimate of drug-likeness (QED) is 0.144. The third-order valence-electron chi connectivity index (χ3n) is 4.89. The molecule has 0 fully saturated rings. The van der Waals surface area contributed by atoms with Gasteiger partial charge in [0.15, 0.2) is 17.1 Å². The summed E-state index contributed by atoms with van der Waals surface area (Å²) < 4.78 is 11.1. The first-order chi connectivity index (χ1) is 15.9. The zero-order valence-corrected chi connectivity index (χ0v) is 19.1. The number of oxime groups is 1. The van der Waals surface area contributed by atoms with E-state index in [0.717, 1.165) is 20.7 Å². The molecule has 0 radical (unpaired) electrons. The van der Waals surface area contributed by atoms with Gasteiger partial charge in [0.2, 0.25) is 5.78 Å². The van der Waals surface area contributed by atoms with Gasteiger partial charge in [-0.05, 0) is 61.0 Å². The molecule has 0 saturated carbocycles. The number of benzene rings is 3. The number of furan rings is 1. The maximum Gasteiger partial charge on any atom is 0.331 e. The Morgan fingerprint density at radius 3 is 2.12 bits per heavy atom. The minimum atomic E-state index is -0.455. The summed E-state index contributed by atoms with van der Waals surface area (Å²) in [6.07, 6.45) is 0. The Hall–Kier alpha value is -3.84. The van der Waals surface area contributed by atoms with Crippen LogP contribution in [-0.4, -0.2) is 24.6 Å². The fourth-order valence-electron chi connectivity index (χ4n) is 3.21. The lowest BCUT2D eigenvalue weighted by Gasteiger charge is -2.05. The van der Waals surface area contributed by atoms with Crippen LogP contribution >= 0.6 is 11.8 Å². The van der Waals surface area contributed by atoms with Gasteiger partial charge in [0.05, 0.1) is 12.8 Å². The van der Waals surface area contributed by atoms with Crippen LogP contribution in [0.25, 0.3) is 11.0 Å². The summed E-state index contributed by atoms with van der Waals surface area (Å²) in [4.78, 5) is 30.5. The summed E-state index contributed by atoms with van der Waals surface area (Å²) in [6, 6.07) is 22.4. The molecule has 33 heavy (non-hydrogen) atoms. The highest BCUT2D eigenvalue weighted by molar-refractivity contribution is 7.99. The SMILES string of the molecule is COc1cccc2cc(C(=O)c3ccc(Sc4ccc(C(C)=NOC(C)=O)cc4)cc3)oc12. The average Bonchev–Trinajstić information content (AvgIpc) is 3.27. The minimum Gasteiger partial charge on any atom is -0.493 e. The normalized spacial score (nSPS) is 11.4. The van der Waals surface area contributed by atoms with Crippen LogP contribution in [0, 0.1) is 0 Å². The number of ether oxygens (including phenoxy) is 1. The molecule has 1 aromatic heterocycles. The molecule has 1 heterocycles. The van der Waals surface area contributed by atoms with Crippen LogP contribution in [0.3, 0.4) is 0 Å². The molecule has 0 aliphatic carbocycles. The second-order valence-electron chi connectivity index (χ2n) is 7.23. The number of methoxy groups -OCH3 is 1. The highest BCUT2D eigenvalue weighted by Crippen LogP contribution is 2.31. The van der Waals surface area contributed by atoms with Gasteiger partial charge < -0.3 is 14.0 Å². The number of para-hydroxylation sites is 1. The molecule has 3 aromatic carbocycles. The smallest absolute Gasteiger partial charge is 0.331 e. The lowest BCUT2D eigenvalue weighted by atomic mass is 10.1. The molecule has 7 heteroatoms. The van der Waals surface area contributed by atoms with Gasteiger partial charge in [0.25, 0.3) is 0 Å².